The second kappa shape index (κ2) is 5.83. The van der Waals surface area contributed by atoms with Crippen molar-refractivity contribution >= 4 is 12.0 Å². The summed E-state index contributed by atoms with van der Waals surface area (Å²) in [5.74, 6) is -1.30. The maximum absolute atomic E-state index is 13.1. The van der Waals surface area contributed by atoms with Crippen LogP contribution in [0.15, 0.2) is 54.6 Å². The lowest BCUT2D eigenvalue weighted by molar-refractivity contribution is -0.137. The van der Waals surface area contributed by atoms with Gasteiger partial charge in [-0.3, -0.25) is 0 Å². The number of hydrogen-bond donors (Lipinski definition) is 1. The van der Waals surface area contributed by atoms with Crippen LogP contribution < -0.4 is 0 Å². The average Bonchev–Trinajstić information content (AvgIpc) is 2.44. The predicted octanol–water partition coefficient (Wildman–Crippen LogP) is 4.47. The number of alkyl halides is 3. The normalized spacial score (nSPS) is 11.8. The fourth-order valence-corrected chi connectivity index (χ4v) is 2.02. The van der Waals surface area contributed by atoms with E-state index in [4.69, 9.17) is 5.11 Å². The van der Waals surface area contributed by atoms with Crippen LogP contribution in [0.1, 0.15) is 11.1 Å². The molecule has 0 aliphatic carbocycles. The highest BCUT2D eigenvalue weighted by atomic mass is 19.4. The third-order valence-electron chi connectivity index (χ3n) is 2.89. The van der Waals surface area contributed by atoms with Gasteiger partial charge in [0.25, 0.3) is 0 Å². The lowest BCUT2D eigenvalue weighted by Crippen LogP contribution is -2.08. The molecular formula is C16H11F3O2. The second-order valence-corrected chi connectivity index (χ2v) is 4.30. The van der Waals surface area contributed by atoms with Crippen LogP contribution in [0.4, 0.5) is 13.2 Å². The number of carbonyl (C=O) groups is 1. The summed E-state index contributed by atoms with van der Waals surface area (Å²) in [4.78, 5) is 10.6. The molecule has 0 aliphatic rings. The Kier molecular flexibility index (Phi) is 4.12. The first kappa shape index (κ1) is 14.8. The van der Waals surface area contributed by atoms with Gasteiger partial charge in [0.2, 0.25) is 0 Å². The number of carboxylic acids is 1. The van der Waals surface area contributed by atoms with E-state index < -0.39 is 17.7 Å². The summed E-state index contributed by atoms with van der Waals surface area (Å²) in [6.45, 7) is 0. The van der Waals surface area contributed by atoms with Crippen molar-refractivity contribution in [2.45, 2.75) is 6.18 Å². The molecule has 0 unspecified atom stereocenters. The molecular weight excluding hydrogens is 281 g/mol. The van der Waals surface area contributed by atoms with Crippen LogP contribution in [0.5, 0.6) is 0 Å². The van der Waals surface area contributed by atoms with E-state index in [1.54, 1.807) is 30.3 Å². The van der Waals surface area contributed by atoms with Gasteiger partial charge in [-0.25, -0.2) is 4.79 Å². The molecule has 0 bridgehead atoms. The van der Waals surface area contributed by atoms with Crippen molar-refractivity contribution in [1.82, 2.24) is 0 Å². The van der Waals surface area contributed by atoms with Crippen LogP contribution >= 0.6 is 0 Å². The minimum atomic E-state index is -4.55. The molecule has 2 aromatic rings. The van der Waals surface area contributed by atoms with Gasteiger partial charge in [0.15, 0.2) is 0 Å². The first-order valence-electron chi connectivity index (χ1n) is 6.06. The van der Waals surface area contributed by atoms with Gasteiger partial charge in [-0.15, -0.1) is 0 Å². The number of benzene rings is 2. The summed E-state index contributed by atoms with van der Waals surface area (Å²) in [7, 11) is 0. The second-order valence-electron chi connectivity index (χ2n) is 4.30. The zero-order valence-electron chi connectivity index (χ0n) is 10.8. The molecule has 0 aromatic heterocycles. The van der Waals surface area contributed by atoms with Gasteiger partial charge in [0.05, 0.1) is 5.56 Å². The van der Waals surface area contributed by atoms with E-state index in [1.807, 2.05) is 0 Å². The summed E-state index contributed by atoms with van der Waals surface area (Å²) < 4.78 is 39.3. The van der Waals surface area contributed by atoms with Gasteiger partial charge >= 0.3 is 12.1 Å². The fourth-order valence-electron chi connectivity index (χ4n) is 2.02. The zero-order chi connectivity index (χ0) is 15.5. The number of aliphatic carboxylic acids is 1. The van der Waals surface area contributed by atoms with Crippen LogP contribution in [-0.2, 0) is 11.0 Å². The van der Waals surface area contributed by atoms with Gasteiger partial charge in [0.1, 0.15) is 0 Å². The quantitative estimate of drug-likeness (QED) is 0.847. The highest BCUT2D eigenvalue weighted by Crippen LogP contribution is 2.37. The lowest BCUT2D eigenvalue weighted by atomic mass is 9.94. The molecule has 0 saturated heterocycles. The Balaban J connectivity index is 2.68. The fraction of sp³-hybridized carbons (Fsp3) is 0.0625. The minimum Gasteiger partial charge on any atom is -0.478 e. The molecule has 0 radical (unpaired) electrons. The standard InChI is InChI=1S/C16H11F3O2/c17-16(18,19)14-8-4-7-12(11-5-2-1-3-6-11)13(14)9-10-15(20)21/h1-10H,(H,20,21). The Morgan fingerprint density at radius 3 is 2.24 bits per heavy atom. The Labute approximate surface area is 119 Å². The molecule has 0 amide bonds. The van der Waals surface area contributed by atoms with E-state index >= 15 is 0 Å². The number of rotatable bonds is 3. The van der Waals surface area contributed by atoms with Crippen LogP contribution in [0, 0.1) is 0 Å². The predicted molar refractivity (Wildman–Crippen MR) is 73.5 cm³/mol. The van der Waals surface area contributed by atoms with Gasteiger partial charge < -0.3 is 5.11 Å². The topological polar surface area (TPSA) is 37.3 Å². The molecule has 2 rings (SSSR count). The first-order chi connectivity index (χ1) is 9.89. The van der Waals surface area contributed by atoms with Crippen molar-refractivity contribution in [2.24, 2.45) is 0 Å². The summed E-state index contributed by atoms with van der Waals surface area (Å²) >= 11 is 0. The van der Waals surface area contributed by atoms with Gasteiger partial charge in [-0.05, 0) is 28.8 Å². The smallest absolute Gasteiger partial charge is 0.417 e. The lowest BCUT2D eigenvalue weighted by Gasteiger charge is -2.14. The van der Waals surface area contributed by atoms with Crippen molar-refractivity contribution in [1.29, 1.82) is 0 Å². The Bertz CT molecular complexity index is 674. The molecule has 2 nitrogen and oxygen atoms in total. The van der Waals surface area contributed by atoms with Crippen molar-refractivity contribution in [2.75, 3.05) is 0 Å². The molecule has 0 atom stereocenters. The summed E-state index contributed by atoms with van der Waals surface area (Å²) in [5, 5.41) is 8.66. The van der Waals surface area contributed by atoms with Gasteiger partial charge in [-0.2, -0.15) is 13.2 Å². The van der Waals surface area contributed by atoms with E-state index in [0.717, 1.165) is 12.1 Å². The van der Waals surface area contributed by atoms with E-state index in [2.05, 4.69) is 0 Å². The van der Waals surface area contributed by atoms with Gasteiger partial charge in [-0.1, -0.05) is 42.5 Å². The molecule has 0 heterocycles. The van der Waals surface area contributed by atoms with Crippen LogP contribution in [0.2, 0.25) is 0 Å². The van der Waals surface area contributed by atoms with Crippen molar-refractivity contribution in [3.05, 3.63) is 65.7 Å². The maximum atomic E-state index is 13.1. The van der Waals surface area contributed by atoms with E-state index in [1.165, 1.54) is 12.1 Å². The molecule has 21 heavy (non-hydrogen) atoms. The maximum Gasteiger partial charge on any atom is 0.417 e. The molecule has 0 saturated carbocycles. The highest BCUT2D eigenvalue weighted by molar-refractivity contribution is 5.88. The molecule has 0 fully saturated rings. The first-order valence-corrected chi connectivity index (χ1v) is 6.06. The highest BCUT2D eigenvalue weighted by Gasteiger charge is 2.33. The summed E-state index contributed by atoms with van der Waals surface area (Å²) in [5.41, 5.74) is -0.0866. The Hall–Kier alpha value is -2.56. The largest absolute Gasteiger partial charge is 0.478 e. The van der Waals surface area contributed by atoms with Crippen molar-refractivity contribution < 1.29 is 23.1 Å². The third kappa shape index (κ3) is 3.51. The van der Waals surface area contributed by atoms with E-state index in [0.29, 0.717) is 17.2 Å². The SMILES string of the molecule is O=C(O)C=Cc1c(-c2ccccc2)cccc1C(F)(F)F. The minimum absolute atomic E-state index is 0.154. The van der Waals surface area contributed by atoms with E-state index in [9.17, 15) is 18.0 Å². The summed E-state index contributed by atoms with van der Waals surface area (Å²) in [6, 6.07) is 12.3. The van der Waals surface area contributed by atoms with E-state index in [-0.39, 0.29) is 5.56 Å². The Morgan fingerprint density at radius 1 is 1.00 bits per heavy atom. The molecule has 1 N–H and O–H groups in total. The zero-order valence-corrected chi connectivity index (χ0v) is 10.8. The summed E-state index contributed by atoms with van der Waals surface area (Å²) in [6.07, 6.45) is -2.87. The molecule has 108 valence electrons. The van der Waals surface area contributed by atoms with Crippen molar-refractivity contribution in [3.8, 4) is 11.1 Å². The number of carboxylic acid groups (broad SMARTS) is 1. The monoisotopic (exact) mass is 292 g/mol. The number of halogens is 3. The van der Waals surface area contributed by atoms with Gasteiger partial charge in [0, 0.05) is 6.08 Å². The molecule has 0 spiro atoms. The Morgan fingerprint density at radius 2 is 1.67 bits per heavy atom. The molecule has 0 aliphatic heterocycles. The third-order valence-corrected chi connectivity index (χ3v) is 2.89. The van der Waals surface area contributed by atoms with Crippen LogP contribution in [0.25, 0.3) is 17.2 Å². The number of hydrogen-bond acceptors (Lipinski definition) is 1. The van der Waals surface area contributed by atoms with Crippen LogP contribution in [-0.4, -0.2) is 11.1 Å². The molecule has 2 aromatic carbocycles. The molecule has 5 heteroatoms. The average molecular weight is 292 g/mol. The van der Waals surface area contributed by atoms with Crippen LogP contribution in [0.3, 0.4) is 0 Å². The van der Waals surface area contributed by atoms with Crippen molar-refractivity contribution in [3.63, 3.8) is 0 Å².